The van der Waals surface area contributed by atoms with Gasteiger partial charge in [-0.05, 0) is 64.6 Å². The molecule has 0 aliphatic rings. The predicted molar refractivity (Wildman–Crippen MR) is 259 cm³/mol. The zero-order valence-electron chi connectivity index (χ0n) is 35.3. The summed E-state index contributed by atoms with van der Waals surface area (Å²) in [6, 6.07) is 72.7. The van der Waals surface area contributed by atoms with Gasteiger partial charge in [-0.25, -0.2) is 24.9 Å². The second kappa shape index (κ2) is 17.7. The van der Waals surface area contributed by atoms with Crippen molar-refractivity contribution in [2.75, 3.05) is 0 Å². The number of rotatable bonds is 9. The molecule has 0 saturated carbocycles. The Hall–Kier alpha value is -9.17. The second-order valence-electron chi connectivity index (χ2n) is 15.5. The molecule has 0 spiro atoms. The van der Waals surface area contributed by atoms with Crippen LogP contribution in [0.5, 0.6) is 0 Å². The molecular formula is C58H37N7. The Morgan fingerprint density at radius 3 is 1.25 bits per heavy atom. The summed E-state index contributed by atoms with van der Waals surface area (Å²) >= 11 is 0. The summed E-state index contributed by atoms with van der Waals surface area (Å²) in [6.45, 7) is 2.07. The predicted octanol–water partition coefficient (Wildman–Crippen LogP) is 13.7. The monoisotopic (exact) mass is 831 g/mol. The van der Waals surface area contributed by atoms with Gasteiger partial charge in [0, 0.05) is 38.9 Å². The molecule has 8 aromatic carbocycles. The fraction of sp³-hybridized carbons (Fsp3) is 0.0172. The van der Waals surface area contributed by atoms with Crippen LogP contribution in [-0.2, 0) is 0 Å². The number of benzene rings is 8. The van der Waals surface area contributed by atoms with Gasteiger partial charge in [0.25, 0.3) is 0 Å². The van der Waals surface area contributed by atoms with Crippen molar-refractivity contribution in [1.82, 2.24) is 24.9 Å². The lowest BCUT2D eigenvalue weighted by Gasteiger charge is -2.15. The lowest BCUT2D eigenvalue weighted by Crippen LogP contribution is -2.01. The fourth-order valence-corrected chi connectivity index (χ4v) is 8.20. The maximum Gasteiger partial charge on any atom is 0.164 e. The van der Waals surface area contributed by atoms with Gasteiger partial charge in [-0.3, -0.25) is 0 Å². The van der Waals surface area contributed by atoms with Gasteiger partial charge >= 0.3 is 0 Å². The smallest absolute Gasteiger partial charge is 0.164 e. The van der Waals surface area contributed by atoms with Crippen molar-refractivity contribution in [2.45, 2.75) is 6.92 Å². The molecule has 0 fully saturated rings. The number of hydrogen-bond acceptors (Lipinski definition) is 7. The van der Waals surface area contributed by atoms with Gasteiger partial charge in [0.1, 0.15) is 0 Å². The lowest BCUT2D eigenvalue weighted by atomic mass is 9.94. The second-order valence-corrected chi connectivity index (χ2v) is 15.5. The molecule has 65 heavy (non-hydrogen) atoms. The van der Waals surface area contributed by atoms with E-state index in [0.717, 1.165) is 83.7 Å². The highest BCUT2D eigenvalue weighted by molar-refractivity contribution is 5.85. The van der Waals surface area contributed by atoms with Crippen LogP contribution in [0.15, 0.2) is 206 Å². The highest BCUT2D eigenvalue weighted by atomic mass is 15.0. The molecule has 10 aromatic rings. The van der Waals surface area contributed by atoms with E-state index in [1.807, 2.05) is 164 Å². The molecule has 7 heteroatoms. The van der Waals surface area contributed by atoms with Crippen molar-refractivity contribution in [3.63, 3.8) is 0 Å². The molecule has 0 atom stereocenters. The Labute approximate surface area is 377 Å². The average molecular weight is 832 g/mol. The Balaban J connectivity index is 1.06. The summed E-state index contributed by atoms with van der Waals surface area (Å²) < 4.78 is 0. The van der Waals surface area contributed by atoms with Gasteiger partial charge in [0.2, 0.25) is 0 Å². The van der Waals surface area contributed by atoms with Crippen LogP contribution in [0.1, 0.15) is 16.7 Å². The minimum Gasteiger partial charge on any atom is -0.228 e. The van der Waals surface area contributed by atoms with Gasteiger partial charge in [-0.2, -0.15) is 10.5 Å². The zero-order valence-corrected chi connectivity index (χ0v) is 35.3. The molecule has 0 aliphatic carbocycles. The summed E-state index contributed by atoms with van der Waals surface area (Å²) in [5, 5.41) is 19.7. The fourth-order valence-electron chi connectivity index (χ4n) is 8.20. The SMILES string of the molecule is Cc1c(-c2ccc(-c3ccccc3-c3nc(-c4ccccc4)nc(-c4cccc(-c5ccccc5C#N)c4)n3)cc2)nc(-c2ccccc2)nc1-c1cccc(-c2ccccc2C#N)c1. The molecule has 304 valence electrons. The van der Waals surface area contributed by atoms with Gasteiger partial charge in [0.15, 0.2) is 23.3 Å². The van der Waals surface area contributed by atoms with Crippen molar-refractivity contribution in [3.05, 3.63) is 223 Å². The molecule has 0 aliphatic heterocycles. The van der Waals surface area contributed by atoms with E-state index in [2.05, 4.69) is 61.5 Å². The average Bonchev–Trinajstić information content (AvgIpc) is 3.39. The molecule has 0 N–H and O–H groups in total. The Bertz CT molecular complexity index is 3460. The van der Waals surface area contributed by atoms with Crippen molar-refractivity contribution < 1.29 is 0 Å². The van der Waals surface area contributed by atoms with E-state index in [9.17, 15) is 10.5 Å². The molecule has 0 bridgehead atoms. The number of aromatic nitrogens is 5. The third kappa shape index (κ3) is 8.06. The largest absolute Gasteiger partial charge is 0.228 e. The first-order valence-electron chi connectivity index (χ1n) is 21.2. The van der Waals surface area contributed by atoms with Crippen molar-refractivity contribution >= 4 is 0 Å². The number of hydrogen-bond donors (Lipinski definition) is 0. The van der Waals surface area contributed by atoms with Crippen LogP contribution in [0, 0.1) is 29.6 Å². The van der Waals surface area contributed by atoms with E-state index in [0.29, 0.717) is 34.4 Å². The minimum absolute atomic E-state index is 0.527. The first-order chi connectivity index (χ1) is 32.0. The van der Waals surface area contributed by atoms with Crippen LogP contribution in [0.25, 0.3) is 101 Å². The Morgan fingerprint density at radius 2 is 0.677 bits per heavy atom. The topological polar surface area (TPSA) is 112 Å². The van der Waals surface area contributed by atoms with Gasteiger partial charge < -0.3 is 0 Å². The maximum atomic E-state index is 9.88. The summed E-state index contributed by atoms with van der Waals surface area (Å²) in [5.74, 6) is 2.25. The van der Waals surface area contributed by atoms with Crippen LogP contribution in [-0.4, -0.2) is 24.9 Å². The third-order valence-corrected chi connectivity index (χ3v) is 11.5. The van der Waals surface area contributed by atoms with Gasteiger partial charge in [-0.15, -0.1) is 0 Å². The normalized spacial score (nSPS) is 10.8. The molecule has 7 nitrogen and oxygen atoms in total. The minimum atomic E-state index is 0.527. The van der Waals surface area contributed by atoms with E-state index < -0.39 is 0 Å². The molecule has 0 amide bonds. The van der Waals surface area contributed by atoms with Crippen molar-refractivity contribution in [2.24, 2.45) is 0 Å². The third-order valence-electron chi connectivity index (χ3n) is 11.5. The quantitative estimate of drug-likeness (QED) is 0.142. The highest BCUT2D eigenvalue weighted by Crippen LogP contribution is 2.38. The van der Waals surface area contributed by atoms with Crippen LogP contribution in [0.2, 0.25) is 0 Å². The molecule has 2 heterocycles. The van der Waals surface area contributed by atoms with Crippen molar-refractivity contribution in [1.29, 1.82) is 10.5 Å². The standard InChI is InChI=1S/C58H37N7/c1-38-53(61-55(41-16-4-2-5-17-41)62-54(38)45-24-14-22-43(34-45)49-26-10-8-20-47(49)36-59)40-32-30-39(31-33-40)51-28-12-13-29-52(51)58-64-56(42-18-6-3-7-19-42)63-57(65-58)46-25-15-23-44(35-46)50-27-11-9-21-48(50)37-60/h2-35H,1H3. The summed E-state index contributed by atoms with van der Waals surface area (Å²) in [6.07, 6.45) is 0. The first-order valence-corrected chi connectivity index (χ1v) is 21.2. The molecule has 10 rings (SSSR count). The van der Waals surface area contributed by atoms with Gasteiger partial charge in [0.05, 0.1) is 34.7 Å². The highest BCUT2D eigenvalue weighted by Gasteiger charge is 2.19. The lowest BCUT2D eigenvalue weighted by molar-refractivity contribution is 1.07. The molecular weight excluding hydrogens is 795 g/mol. The Kier molecular flexibility index (Phi) is 10.9. The van der Waals surface area contributed by atoms with Crippen LogP contribution in [0.4, 0.5) is 0 Å². The van der Waals surface area contributed by atoms with Gasteiger partial charge in [-0.1, -0.05) is 182 Å². The first kappa shape index (κ1) is 39.9. The summed E-state index contributed by atoms with van der Waals surface area (Å²) in [7, 11) is 0. The van der Waals surface area contributed by atoms with E-state index >= 15 is 0 Å². The van der Waals surface area contributed by atoms with E-state index in [-0.39, 0.29) is 0 Å². The van der Waals surface area contributed by atoms with Crippen LogP contribution in [0.3, 0.4) is 0 Å². The summed E-state index contributed by atoms with van der Waals surface area (Å²) in [5.41, 5.74) is 14.7. The zero-order chi connectivity index (χ0) is 44.1. The summed E-state index contributed by atoms with van der Waals surface area (Å²) in [4.78, 5) is 25.6. The molecule has 0 radical (unpaired) electrons. The number of nitriles is 2. The van der Waals surface area contributed by atoms with Crippen molar-refractivity contribution in [3.8, 4) is 114 Å². The molecule has 0 saturated heterocycles. The Morgan fingerprint density at radius 1 is 0.292 bits per heavy atom. The van der Waals surface area contributed by atoms with Crippen LogP contribution >= 0.6 is 0 Å². The molecule has 2 aromatic heterocycles. The molecule has 0 unspecified atom stereocenters. The van der Waals surface area contributed by atoms with Crippen LogP contribution < -0.4 is 0 Å². The maximum absolute atomic E-state index is 9.88. The van der Waals surface area contributed by atoms with E-state index in [4.69, 9.17) is 24.9 Å². The van der Waals surface area contributed by atoms with E-state index in [1.165, 1.54) is 0 Å². The van der Waals surface area contributed by atoms with E-state index in [1.54, 1.807) is 0 Å². The number of nitrogens with zero attached hydrogens (tertiary/aromatic N) is 7.